The number of benzene rings is 1. The Morgan fingerprint density at radius 3 is 3.00 bits per heavy atom. The Labute approximate surface area is 111 Å². The molecule has 1 aromatic carbocycles. The summed E-state index contributed by atoms with van der Waals surface area (Å²) >= 11 is 0. The minimum atomic E-state index is -0.913. The van der Waals surface area contributed by atoms with Crippen molar-refractivity contribution in [3.05, 3.63) is 46.7 Å². The van der Waals surface area contributed by atoms with Gasteiger partial charge in [0.15, 0.2) is 0 Å². The maximum absolute atomic E-state index is 10.8. The molecule has 0 spiro atoms. The molecule has 1 heterocycles. The standard InChI is InChI=1S/C16H15NO2/c1-10-5-7-15-13(9-10)11(6-8-16(18)19)12-3-2-4-14(12)17-15/h5-9H,2-4H2,1H3,(H,18,19)/b8-6+. The summed E-state index contributed by atoms with van der Waals surface area (Å²) in [6.45, 7) is 2.04. The number of carbonyl (C=O) groups is 1. The van der Waals surface area contributed by atoms with Gasteiger partial charge in [0.1, 0.15) is 0 Å². The van der Waals surface area contributed by atoms with E-state index in [1.165, 1.54) is 11.6 Å². The lowest BCUT2D eigenvalue weighted by atomic mass is 9.99. The maximum Gasteiger partial charge on any atom is 0.328 e. The zero-order chi connectivity index (χ0) is 13.4. The highest BCUT2D eigenvalue weighted by Gasteiger charge is 2.18. The van der Waals surface area contributed by atoms with Gasteiger partial charge in [0.25, 0.3) is 0 Å². The number of hydrogen-bond acceptors (Lipinski definition) is 2. The molecule has 0 atom stereocenters. The monoisotopic (exact) mass is 253 g/mol. The molecule has 0 saturated heterocycles. The van der Waals surface area contributed by atoms with Gasteiger partial charge in [-0.15, -0.1) is 0 Å². The third-order valence-corrected chi connectivity index (χ3v) is 3.60. The lowest BCUT2D eigenvalue weighted by molar-refractivity contribution is -0.131. The number of carboxylic acid groups (broad SMARTS) is 1. The molecule has 0 fully saturated rings. The second kappa shape index (κ2) is 4.50. The largest absolute Gasteiger partial charge is 0.478 e. The molecule has 3 nitrogen and oxygen atoms in total. The van der Waals surface area contributed by atoms with Crippen LogP contribution in [-0.4, -0.2) is 16.1 Å². The number of pyridine rings is 1. The van der Waals surface area contributed by atoms with Crippen LogP contribution in [0.1, 0.15) is 28.8 Å². The summed E-state index contributed by atoms with van der Waals surface area (Å²) in [5.41, 5.74) is 5.49. The molecule has 1 aliphatic rings. The van der Waals surface area contributed by atoms with Gasteiger partial charge in [0, 0.05) is 17.2 Å². The molecular formula is C16H15NO2. The van der Waals surface area contributed by atoms with Gasteiger partial charge >= 0.3 is 5.97 Å². The molecule has 3 rings (SSSR count). The summed E-state index contributed by atoms with van der Waals surface area (Å²) in [6.07, 6.45) is 6.02. The number of aliphatic carboxylic acids is 1. The number of aryl methyl sites for hydroxylation is 2. The minimum Gasteiger partial charge on any atom is -0.478 e. The van der Waals surface area contributed by atoms with Crippen LogP contribution < -0.4 is 0 Å². The number of rotatable bonds is 2. The molecule has 0 aliphatic heterocycles. The molecule has 1 aliphatic carbocycles. The van der Waals surface area contributed by atoms with Gasteiger partial charge in [-0.1, -0.05) is 11.6 Å². The molecular weight excluding hydrogens is 238 g/mol. The van der Waals surface area contributed by atoms with Gasteiger partial charge < -0.3 is 5.11 Å². The Hall–Kier alpha value is -2.16. The summed E-state index contributed by atoms with van der Waals surface area (Å²) < 4.78 is 0. The van der Waals surface area contributed by atoms with Crippen LogP contribution in [0.15, 0.2) is 24.3 Å². The van der Waals surface area contributed by atoms with E-state index in [1.807, 2.05) is 19.1 Å². The third-order valence-electron chi connectivity index (χ3n) is 3.60. The molecule has 3 heteroatoms. The summed E-state index contributed by atoms with van der Waals surface area (Å²) in [4.78, 5) is 15.5. The molecule has 0 unspecified atom stereocenters. The maximum atomic E-state index is 10.8. The fourth-order valence-electron chi connectivity index (χ4n) is 2.76. The smallest absolute Gasteiger partial charge is 0.328 e. The van der Waals surface area contributed by atoms with E-state index in [4.69, 9.17) is 10.1 Å². The first kappa shape index (κ1) is 11.9. The molecule has 1 N–H and O–H groups in total. The van der Waals surface area contributed by atoms with Crippen molar-refractivity contribution in [2.75, 3.05) is 0 Å². The molecule has 0 radical (unpaired) electrons. The van der Waals surface area contributed by atoms with Crippen molar-refractivity contribution < 1.29 is 9.90 Å². The van der Waals surface area contributed by atoms with E-state index in [0.29, 0.717) is 0 Å². The molecule has 19 heavy (non-hydrogen) atoms. The molecule has 0 amide bonds. The van der Waals surface area contributed by atoms with Crippen LogP contribution >= 0.6 is 0 Å². The van der Waals surface area contributed by atoms with E-state index in [2.05, 4.69) is 6.07 Å². The van der Waals surface area contributed by atoms with Crippen LogP contribution in [0, 0.1) is 6.92 Å². The van der Waals surface area contributed by atoms with E-state index >= 15 is 0 Å². The van der Waals surface area contributed by atoms with Crippen molar-refractivity contribution >= 4 is 22.9 Å². The normalized spacial score (nSPS) is 14.2. The fraction of sp³-hybridized carbons (Fsp3) is 0.250. The van der Waals surface area contributed by atoms with Gasteiger partial charge in [-0.25, -0.2) is 4.79 Å². The van der Waals surface area contributed by atoms with Gasteiger partial charge in [-0.3, -0.25) is 4.98 Å². The quantitative estimate of drug-likeness (QED) is 0.836. The predicted molar refractivity (Wildman–Crippen MR) is 75.2 cm³/mol. The number of aromatic nitrogens is 1. The molecule has 1 aromatic heterocycles. The number of nitrogens with zero attached hydrogens (tertiary/aromatic N) is 1. The molecule has 0 saturated carbocycles. The molecule has 2 aromatic rings. The Balaban J connectivity index is 2.31. The van der Waals surface area contributed by atoms with Crippen LogP contribution in [0.4, 0.5) is 0 Å². The lowest BCUT2D eigenvalue weighted by Crippen LogP contribution is -1.96. The number of hydrogen-bond donors (Lipinski definition) is 1. The Bertz CT molecular complexity index is 701. The summed E-state index contributed by atoms with van der Waals surface area (Å²) in [6, 6.07) is 6.14. The number of fused-ring (bicyclic) bond motifs is 2. The highest BCUT2D eigenvalue weighted by molar-refractivity contribution is 5.94. The van der Waals surface area contributed by atoms with Crippen molar-refractivity contribution in [3.8, 4) is 0 Å². The van der Waals surface area contributed by atoms with E-state index in [1.54, 1.807) is 6.08 Å². The highest BCUT2D eigenvalue weighted by Crippen LogP contribution is 2.31. The van der Waals surface area contributed by atoms with Crippen LogP contribution in [0.2, 0.25) is 0 Å². The van der Waals surface area contributed by atoms with Crippen LogP contribution in [-0.2, 0) is 17.6 Å². The van der Waals surface area contributed by atoms with Crippen molar-refractivity contribution in [1.82, 2.24) is 4.98 Å². The average Bonchev–Trinajstić information content (AvgIpc) is 2.82. The summed E-state index contributed by atoms with van der Waals surface area (Å²) in [5.74, 6) is -0.913. The van der Waals surface area contributed by atoms with Gasteiger partial charge in [0.05, 0.1) is 5.52 Å². The Kier molecular flexibility index (Phi) is 2.82. The summed E-state index contributed by atoms with van der Waals surface area (Å²) in [5, 5.41) is 9.90. The molecule has 0 bridgehead atoms. The van der Waals surface area contributed by atoms with Gasteiger partial charge in [-0.2, -0.15) is 0 Å². The lowest BCUT2D eigenvalue weighted by Gasteiger charge is -2.09. The van der Waals surface area contributed by atoms with Gasteiger partial charge in [-0.05, 0) is 55.5 Å². The van der Waals surface area contributed by atoms with E-state index in [-0.39, 0.29) is 0 Å². The highest BCUT2D eigenvalue weighted by atomic mass is 16.4. The van der Waals surface area contributed by atoms with Gasteiger partial charge in [0.2, 0.25) is 0 Å². The van der Waals surface area contributed by atoms with Crippen molar-refractivity contribution in [3.63, 3.8) is 0 Å². The van der Waals surface area contributed by atoms with E-state index < -0.39 is 5.97 Å². The first-order chi connectivity index (χ1) is 9.15. The Morgan fingerprint density at radius 1 is 1.37 bits per heavy atom. The second-order valence-corrected chi connectivity index (χ2v) is 5.00. The van der Waals surface area contributed by atoms with Crippen LogP contribution in [0.5, 0.6) is 0 Å². The average molecular weight is 253 g/mol. The van der Waals surface area contributed by atoms with Crippen molar-refractivity contribution in [1.29, 1.82) is 0 Å². The van der Waals surface area contributed by atoms with Crippen molar-refractivity contribution in [2.45, 2.75) is 26.2 Å². The van der Waals surface area contributed by atoms with E-state index in [0.717, 1.165) is 47.0 Å². The predicted octanol–water partition coefficient (Wildman–Crippen LogP) is 3.13. The SMILES string of the molecule is Cc1ccc2nc3c(c(/C=C/C(=O)O)c2c1)CCC3. The fourth-order valence-corrected chi connectivity index (χ4v) is 2.76. The second-order valence-electron chi connectivity index (χ2n) is 5.00. The van der Waals surface area contributed by atoms with Crippen molar-refractivity contribution in [2.24, 2.45) is 0 Å². The topological polar surface area (TPSA) is 50.2 Å². The zero-order valence-electron chi connectivity index (χ0n) is 10.8. The first-order valence-electron chi connectivity index (χ1n) is 6.48. The van der Waals surface area contributed by atoms with E-state index in [9.17, 15) is 4.79 Å². The first-order valence-corrected chi connectivity index (χ1v) is 6.48. The van der Waals surface area contributed by atoms with Crippen LogP contribution in [0.3, 0.4) is 0 Å². The Morgan fingerprint density at radius 2 is 2.21 bits per heavy atom. The third kappa shape index (κ3) is 2.12. The number of carboxylic acids is 1. The molecule has 96 valence electrons. The minimum absolute atomic E-state index is 0.913. The van der Waals surface area contributed by atoms with Crippen LogP contribution in [0.25, 0.3) is 17.0 Å². The zero-order valence-corrected chi connectivity index (χ0v) is 10.8. The summed E-state index contributed by atoms with van der Waals surface area (Å²) in [7, 11) is 0.